The normalized spacial score (nSPS) is 24.2. The molecule has 1 fully saturated rings. The standard InChI is InChI=1S/C12H25BN2O4.2ClH/c14-10-5-3-9(4-6-10)12(15,11(16)17)7-1-2-8-13(18)19;;/h9-10,18-19H,1-8,14-15H2,(H,16,17);2*1H. The molecule has 0 aromatic heterocycles. The van der Waals surface area contributed by atoms with Gasteiger partial charge in [-0.25, -0.2) is 0 Å². The molecular weight excluding hydrogens is 318 g/mol. The number of carboxylic acids is 1. The van der Waals surface area contributed by atoms with Gasteiger partial charge in [-0.3, -0.25) is 4.79 Å². The molecule has 0 radical (unpaired) electrons. The number of nitrogens with two attached hydrogens (primary N) is 2. The van der Waals surface area contributed by atoms with E-state index in [9.17, 15) is 9.90 Å². The number of carbonyl (C=O) groups is 1. The van der Waals surface area contributed by atoms with Crippen LogP contribution in [0.3, 0.4) is 0 Å². The quantitative estimate of drug-likeness (QED) is 0.342. The predicted molar refractivity (Wildman–Crippen MR) is 87.8 cm³/mol. The predicted octanol–water partition coefficient (Wildman–Crippen LogP) is 0.773. The van der Waals surface area contributed by atoms with Crippen molar-refractivity contribution in [2.75, 3.05) is 0 Å². The number of hydrogen-bond acceptors (Lipinski definition) is 5. The number of aliphatic carboxylic acids is 1. The number of carboxylic acid groups (broad SMARTS) is 1. The van der Waals surface area contributed by atoms with E-state index in [0.29, 0.717) is 19.3 Å². The molecule has 0 bridgehead atoms. The van der Waals surface area contributed by atoms with Crippen molar-refractivity contribution in [1.82, 2.24) is 0 Å². The van der Waals surface area contributed by atoms with Gasteiger partial charge in [-0.15, -0.1) is 24.8 Å². The van der Waals surface area contributed by atoms with Crippen molar-refractivity contribution in [1.29, 1.82) is 0 Å². The Morgan fingerprint density at radius 2 is 1.67 bits per heavy atom. The van der Waals surface area contributed by atoms with Crippen LogP contribution >= 0.6 is 24.8 Å². The van der Waals surface area contributed by atoms with Crippen molar-refractivity contribution in [2.24, 2.45) is 17.4 Å². The Bertz CT molecular complexity index is 305. The van der Waals surface area contributed by atoms with E-state index in [0.717, 1.165) is 25.7 Å². The molecule has 0 spiro atoms. The maximum absolute atomic E-state index is 11.5. The van der Waals surface area contributed by atoms with Crippen LogP contribution in [0.2, 0.25) is 6.32 Å². The molecule has 1 rings (SSSR count). The Labute approximate surface area is 138 Å². The van der Waals surface area contributed by atoms with Gasteiger partial charge in [0.2, 0.25) is 0 Å². The van der Waals surface area contributed by atoms with Gasteiger partial charge in [0.15, 0.2) is 0 Å². The first-order valence-corrected chi connectivity index (χ1v) is 7.00. The fourth-order valence-corrected chi connectivity index (χ4v) is 2.86. The summed E-state index contributed by atoms with van der Waals surface area (Å²) in [6, 6.07) is 0.166. The van der Waals surface area contributed by atoms with Crippen molar-refractivity contribution >= 4 is 37.9 Å². The Morgan fingerprint density at radius 1 is 1.14 bits per heavy atom. The van der Waals surface area contributed by atoms with Crippen LogP contribution in [0.25, 0.3) is 0 Å². The Morgan fingerprint density at radius 3 is 2.10 bits per heavy atom. The zero-order valence-electron chi connectivity index (χ0n) is 12.1. The van der Waals surface area contributed by atoms with Crippen LogP contribution in [0.1, 0.15) is 44.9 Å². The van der Waals surface area contributed by atoms with Crippen molar-refractivity contribution in [3.05, 3.63) is 0 Å². The first-order valence-electron chi connectivity index (χ1n) is 7.00. The van der Waals surface area contributed by atoms with E-state index in [1.165, 1.54) is 0 Å². The lowest BCUT2D eigenvalue weighted by atomic mass is 9.71. The molecule has 1 saturated carbocycles. The maximum atomic E-state index is 11.5. The van der Waals surface area contributed by atoms with E-state index in [-0.39, 0.29) is 43.1 Å². The van der Waals surface area contributed by atoms with Crippen LogP contribution in [0.4, 0.5) is 0 Å². The minimum absolute atomic E-state index is 0. The fraction of sp³-hybridized carbons (Fsp3) is 0.917. The van der Waals surface area contributed by atoms with Gasteiger partial charge in [0.25, 0.3) is 0 Å². The molecule has 0 saturated heterocycles. The highest BCUT2D eigenvalue weighted by atomic mass is 35.5. The molecule has 21 heavy (non-hydrogen) atoms. The first kappa shape index (κ1) is 23.2. The average molecular weight is 345 g/mol. The molecule has 9 heteroatoms. The van der Waals surface area contributed by atoms with Gasteiger partial charge in [-0.2, -0.15) is 0 Å². The van der Waals surface area contributed by atoms with Crippen LogP contribution in [0.5, 0.6) is 0 Å². The average Bonchev–Trinajstić information content (AvgIpc) is 2.34. The lowest BCUT2D eigenvalue weighted by molar-refractivity contribution is -0.146. The zero-order valence-corrected chi connectivity index (χ0v) is 13.7. The third-order valence-electron chi connectivity index (χ3n) is 4.20. The second-order valence-electron chi connectivity index (χ2n) is 5.68. The number of unbranched alkanes of at least 4 members (excludes halogenated alkanes) is 1. The van der Waals surface area contributed by atoms with Crippen LogP contribution in [-0.4, -0.2) is 39.8 Å². The zero-order chi connectivity index (χ0) is 14.5. The maximum Gasteiger partial charge on any atom is 0.451 e. The third-order valence-corrected chi connectivity index (χ3v) is 4.20. The summed E-state index contributed by atoms with van der Waals surface area (Å²) in [6.07, 6.45) is 4.94. The summed E-state index contributed by atoms with van der Waals surface area (Å²) >= 11 is 0. The molecule has 1 unspecified atom stereocenters. The number of rotatable bonds is 7. The lowest BCUT2D eigenvalue weighted by Gasteiger charge is -2.38. The molecule has 1 aliphatic carbocycles. The summed E-state index contributed by atoms with van der Waals surface area (Å²) in [7, 11) is -1.33. The van der Waals surface area contributed by atoms with Crippen LogP contribution < -0.4 is 11.5 Å². The lowest BCUT2D eigenvalue weighted by Crippen LogP contribution is -2.55. The smallest absolute Gasteiger partial charge is 0.451 e. The molecule has 1 atom stereocenters. The fourth-order valence-electron chi connectivity index (χ4n) is 2.86. The monoisotopic (exact) mass is 344 g/mol. The molecule has 0 aliphatic heterocycles. The van der Waals surface area contributed by atoms with E-state index in [1.54, 1.807) is 0 Å². The third kappa shape index (κ3) is 7.17. The SMILES string of the molecule is Cl.Cl.NC1CCC(C(N)(CCCCB(O)O)C(=O)O)CC1. The summed E-state index contributed by atoms with van der Waals surface area (Å²) in [4.78, 5) is 11.5. The highest BCUT2D eigenvalue weighted by Gasteiger charge is 2.42. The summed E-state index contributed by atoms with van der Waals surface area (Å²) in [5, 5.41) is 26.9. The highest BCUT2D eigenvalue weighted by molar-refractivity contribution is 6.40. The Balaban J connectivity index is 0. The Kier molecular flexibility index (Phi) is 11.8. The van der Waals surface area contributed by atoms with Crippen LogP contribution in [0, 0.1) is 5.92 Å². The molecular formula is C12H27BCl2N2O4. The van der Waals surface area contributed by atoms with Crippen molar-refractivity contribution in [3.63, 3.8) is 0 Å². The topological polar surface area (TPSA) is 130 Å². The summed E-state index contributed by atoms with van der Waals surface area (Å²) < 4.78 is 0. The summed E-state index contributed by atoms with van der Waals surface area (Å²) in [5.74, 6) is -0.999. The molecule has 1 aliphatic rings. The molecule has 7 N–H and O–H groups in total. The molecule has 0 heterocycles. The van der Waals surface area contributed by atoms with Crippen LogP contribution in [0.15, 0.2) is 0 Å². The molecule has 6 nitrogen and oxygen atoms in total. The van der Waals surface area contributed by atoms with Gasteiger partial charge in [0.1, 0.15) is 5.54 Å². The minimum Gasteiger partial charge on any atom is -0.480 e. The largest absolute Gasteiger partial charge is 0.480 e. The van der Waals surface area contributed by atoms with Gasteiger partial charge in [0, 0.05) is 6.04 Å². The van der Waals surface area contributed by atoms with Gasteiger partial charge < -0.3 is 26.6 Å². The van der Waals surface area contributed by atoms with E-state index in [4.69, 9.17) is 21.5 Å². The van der Waals surface area contributed by atoms with E-state index < -0.39 is 18.6 Å². The molecule has 0 aromatic carbocycles. The van der Waals surface area contributed by atoms with Gasteiger partial charge in [-0.05, 0) is 44.3 Å². The van der Waals surface area contributed by atoms with Gasteiger partial charge in [0.05, 0.1) is 0 Å². The van der Waals surface area contributed by atoms with E-state index in [2.05, 4.69) is 0 Å². The molecule has 126 valence electrons. The second kappa shape index (κ2) is 10.6. The number of halogens is 2. The highest BCUT2D eigenvalue weighted by Crippen LogP contribution is 2.34. The van der Waals surface area contributed by atoms with Gasteiger partial charge in [-0.1, -0.05) is 12.8 Å². The van der Waals surface area contributed by atoms with Crippen molar-refractivity contribution in [2.45, 2.75) is 62.8 Å². The van der Waals surface area contributed by atoms with Crippen molar-refractivity contribution in [3.8, 4) is 0 Å². The number of hydrogen-bond donors (Lipinski definition) is 5. The minimum atomic E-state index is -1.33. The van der Waals surface area contributed by atoms with E-state index in [1.807, 2.05) is 0 Å². The second-order valence-corrected chi connectivity index (χ2v) is 5.68. The Hall–Kier alpha value is -0.0451. The summed E-state index contributed by atoms with van der Waals surface area (Å²) in [5.41, 5.74) is 10.7. The van der Waals surface area contributed by atoms with E-state index >= 15 is 0 Å². The summed E-state index contributed by atoms with van der Waals surface area (Å²) in [6.45, 7) is 0. The first-order chi connectivity index (χ1) is 8.86. The molecule has 0 amide bonds. The molecule has 0 aromatic rings. The van der Waals surface area contributed by atoms with Gasteiger partial charge >= 0.3 is 13.1 Å². The van der Waals surface area contributed by atoms with Crippen LogP contribution in [-0.2, 0) is 4.79 Å². The van der Waals surface area contributed by atoms with Crippen molar-refractivity contribution < 1.29 is 19.9 Å².